The van der Waals surface area contributed by atoms with E-state index in [1.165, 1.54) is 11.8 Å². The zero-order valence-corrected chi connectivity index (χ0v) is 17.5. The van der Waals surface area contributed by atoms with Crippen molar-refractivity contribution in [2.75, 3.05) is 7.11 Å². The summed E-state index contributed by atoms with van der Waals surface area (Å²) in [4.78, 5) is 19.9. The number of benzene rings is 2. The third-order valence-corrected chi connectivity index (χ3v) is 5.76. The predicted octanol–water partition coefficient (Wildman–Crippen LogP) is 4.23. The number of hydrogen-bond donors (Lipinski definition) is 1. The van der Waals surface area contributed by atoms with Crippen LogP contribution in [-0.4, -0.2) is 31.8 Å². The molecule has 0 saturated heterocycles. The number of hydrogen-bond acceptors (Lipinski definition) is 6. The van der Waals surface area contributed by atoms with Gasteiger partial charge in [-0.05, 0) is 43.3 Å². The molecule has 0 aliphatic heterocycles. The highest BCUT2D eigenvalue weighted by molar-refractivity contribution is 7.99. The van der Waals surface area contributed by atoms with Gasteiger partial charge in [0, 0.05) is 12.1 Å². The second kappa shape index (κ2) is 8.54. The molecule has 0 aliphatic carbocycles. The summed E-state index contributed by atoms with van der Waals surface area (Å²) in [6.45, 7) is 6.40. The first-order valence-corrected chi connectivity index (χ1v) is 10.3. The molecular formula is C22H21N5O2S. The smallest absolute Gasteiger partial charge is 0.258 e. The Labute approximate surface area is 177 Å². The molecule has 0 saturated carbocycles. The number of fused-ring (bicyclic) bond motifs is 1. The van der Waals surface area contributed by atoms with E-state index < -0.39 is 0 Å². The molecule has 0 aliphatic rings. The van der Waals surface area contributed by atoms with Crippen molar-refractivity contribution in [2.24, 2.45) is 0 Å². The van der Waals surface area contributed by atoms with E-state index in [4.69, 9.17) is 4.74 Å². The number of rotatable bonds is 7. The van der Waals surface area contributed by atoms with Gasteiger partial charge >= 0.3 is 0 Å². The van der Waals surface area contributed by atoms with Crippen molar-refractivity contribution in [3.8, 4) is 17.1 Å². The normalized spacial score (nSPS) is 12.1. The molecule has 0 radical (unpaired) electrons. The fourth-order valence-corrected chi connectivity index (χ4v) is 4.05. The third kappa shape index (κ3) is 3.86. The molecule has 0 fully saturated rings. The minimum Gasteiger partial charge on any atom is -0.497 e. The summed E-state index contributed by atoms with van der Waals surface area (Å²) in [6, 6.07) is 15.0. The molecule has 8 heteroatoms. The average molecular weight is 420 g/mol. The Kier molecular flexibility index (Phi) is 5.67. The van der Waals surface area contributed by atoms with Gasteiger partial charge in [-0.1, -0.05) is 30.0 Å². The summed E-state index contributed by atoms with van der Waals surface area (Å²) in [5.41, 5.74) is 1.46. The van der Waals surface area contributed by atoms with Gasteiger partial charge in [0.05, 0.1) is 23.3 Å². The highest BCUT2D eigenvalue weighted by Gasteiger charge is 2.19. The van der Waals surface area contributed by atoms with Crippen LogP contribution in [0.25, 0.3) is 22.3 Å². The monoisotopic (exact) mass is 419 g/mol. The SMILES string of the molecule is C=CCn1c(SC(C)c2nc3ccccc3c(=O)[nH]2)nnc1-c1ccc(OC)cc1. The molecule has 0 spiro atoms. The van der Waals surface area contributed by atoms with Gasteiger partial charge in [0.15, 0.2) is 11.0 Å². The predicted molar refractivity (Wildman–Crippen MR) is 119 cm³/mol. The number of H-pyrrole nitrogens is 1. The molecule has 2 aromatic heterocycles. The minimum absolute atomic E-state index is 0.126. The lowest BCUT2D eigenvalue weighted by Crippen LogP contribution is -2.13. The van der Waals surface area contributed by atoms with Crippen LogP contribution in [0.1, 0.15) is 18.0 Å². The summed E-state index contributed by atoms with van der Waals surface area (Å²) in [6.07, 6.45) is 1.81. The fourth-order valence-electron chi connectivity index (χ4n) is 3.13. The largest absolute Gasteiger partial charge is 0.497 e. The van der Waals surface area contributed by atoms with Crippen molar-refractivity contribution in [1.82, 2.24) is 24.7 Å². The molecule has 2 heterocycles. The molecule has 1 N–H and O–H groups in total. The van der Waals surface area contributed by atoms with Gasteiger partial charge in [-0.3, -0.25) is 9.36 Å². The second-order valence-corrected chi connectivity index (χ2v) is 7.97. The Morgan fingerprint density at radius 2 is 1.97 bits per heavy atom. The Morgan fingerprint density at radius 3 is 2.70 bits per heavy atom. The molecule has 152 valence electrons. The zero-order valence-electron chi connectivity index (χ0n) is 16.7. The third-order valence-electron chi connectivity index (χ3n) is 4.68. The summed E-state index contributed by atoms with van der Waals surface area (Å²) in [5, 5.41) is 9.95. The number of aromatic amines is 1. The van der Waals surface area contributed by atoms with Crippen LogP contribution < -0.4 is 10.3 Å². The first-order valence-electron chi connectivity index (χ1n) is 9.45. The van der Waals surface area contributed by atoms with Crippen LogP contribution in [-0.2, 0) is 6.54 Å². The van der Waals surface area contributed by atoms with E-state index in [9.17, 15) is 4.79 Å². The number of thioether (sulfide) groups is 1. The van der Waals surface area contributed by atoms with E-state index in [-0.39, 0.29) is 10.8 Å². The van der Waals surface area contributed by atoms with Crippen molar-refractivity contribution in [2.45, 2.75) is 23.9 Å². The van der Waals surface area contributed by atoms with Gasteiger partial charge in [-0.25, -0.2) is 4.98 Å². The van der Waals surface area contributed by atoms with Gasteiger partial charge in [-0.15, -0.1) is 16.8 Å². The van der Waals surface area contributed by atoms with Crippen molar-refractivity contribution in [3.05, 3.63) is 77.4 Å². The summed E-state index contributed by atoms with van der Waals surface area (Å²) < 4.78 is 7.23. The van der Waals surface area contributed by atoms with Gasteiger partial charge in [0.25, 0.3) is 5.56 Å². The molecule has 7 nitrogen and oxygen atoms in total. The number of ether oxygens (including phenoxy) is 1. The van der Waals surface area contributed by atoms with Crippen LogP contribution >= 0.6 is 11.8 Å². The molecule has 0 amide bonds. The van der Waals surface area contributed by atoms with Crippen LogP contribution in [0.4, 0.5) is 0 Å². The number of para-hydroxylation sites is 1. The number of nitrogens with zero attached hydrogens (tertiary/aromatic N) is 4. The van der Waals surface area contributed by atoms with E-state index in [2.05, 4.69) is 26.7 Å². The zero-order chi connectivity index (χ0) is 21.1. The van der Waals surface area contributed by atoms with E-state index >= 15 is 0 Å². The Morgan fingerprint density at radius 1 is 1.20 bits per heavy atom. The maximum Gasteiger partial charge on any atom is 0.258 e. The molecule has 2 aromatic carbocycles. The van der Waals surface area contributed by atoms with E-state index in [0.717, 1.165) is 22.3 Å². The highest BCUT2D eigenvalue weighted by Crippen LogP contribution is 2.34. The number of methoxy groups -OCH3 is 1. The Balaban J connectivity index is 1.66. The van der Waals surface area contributed by atoms with Gasteiger partial charge in [0.1, 0.15) is 11.6 Å². The standard InChI is InChI=1S/C22H21N5O2S/c1-4-13-27-20(15-9-11-16(29-3)12-10-15)25-26-22(27)30-14(2)19-23-18-8-6-5-7-17(18)21(28)24-19/h4-12,14H,1,13H2,2-3H3,(H,23,24,28). The molecule has 0 bridgehead atoms. The van der Waals surface area contributed by atoms with Crippen LogP contribution in [0, 0.1) is 0 Å². The molecular weight excluding hydrogens is 398 g/mol. The van der Waals surface area contributed by atoms with Crippen molar-refractivity contribution in [1.29, 1.82) is 0 Å². The summed E-state index contributed by atoms with van der Waals surface area (Å²) in [7, 11) is 1.64. The van der Waals surface area contributed by atoms with Gasteiger partial charge in [0.2, 0.25) is 0 Å². The lowest BCUT2D eigenvalue weighted by molar-refractivity contribution is 0.415. The van der Waals surface area contributed by atoms with E-state index in [0.29, 0.717) is 23.3 Å². The molecule has 4 rings (SSSR count). The van der Waals surface area contributed by atoms with Crippen LogP contribution in [0.15, 0.2) is 71.1 Å². The molecule has 4 aromatic rings. The van der Waals surface area contributed by atoms with Gasteiger partial charge < -0.3 is 9.72 Å². The lowest BCUT2D eigenvalue weighted by atomic mass is 10.2. The molecule has 1 unspecified atom stereocenters. The highest BCUT2D eigenvalue weighted by atomic mass is 32.2. The van der Waals surface area contributed by atoms with Crippen LogP contribution in [0.3, 0.4) is 0 Å². The fraction of sp³-hybridized carbons (Fsp3) is 0.182. The van der Waals surface area contributed by atoms with Crippen molar-refractivity contribution >= 4 is 22.7 Å². The van der Waals surface area contributed by atoms with Crippen LogP contribution in [0.2, 0.25) is 0 Å². The second-order valence-electron chi connectivity index (χ2n) is 6.66. The minimum atomic E-state index is -0.144. The summed E-state index contributed by atoms with van der Waals surface area (Å²) >= 11 is 1.49. The average Bonchev–Trinajstić information content (AvgIpc) is 3.16. The number of nitrogens with one attached hydrogen (secondary N) is 1. The Bertz CT molecular complexity index is 1250. The molecule has 30 heavy (non-hydrogen) atoms. The maximum atomic E-state index is 12.4. The first kappa shape index (κ1) is 19.9. The Hall–Kier alpha value is -3.39. The van der Waals surface area contributed by atoms with E-state index in [1.807, 2.05) is 54.0 Å². The summed E-state index contributed by atoms with van der Waals surface area (Å²) in [5.74, 6) is 2.12. The van der Waals surface area contributed by atoms with Gasteiger partial charge in [-0.2, -0.15) is 0 Å². The lowest BCUT2D eigenvalue weighted by Gasteiger charge is -2.12. The quantitative estimate of drug-likeness (QED) is 0.356. The number of aromatic nitrogens is 5. The van der Waals surface area contributed by atoms with E-state index in [1.54, 1.807) is 19.3 Å². The maximum absolute atomic E-state index is 12.4. The van der Waals surface area contributed by atoms with Crippen molar-refractivity contribution < 1.29 is 4.74 Å². The molecule has 1 atom stereocenters. The topological polar surface area (TPSA) is 85.7 Å². The first-order chi connectivity index (χ1) is 14.6. The van der Waals surface area contributed by atoms with Crippen molar-refractivity contribution in [3.63, 3.8) is 0 Å². The number of allylic oxidation sites excluding steroid dienone is 1. The van der Waals surface area contributed by atoms with Crippen LogP contribution in [0.5, 0.6) is 5.75 Å².